The van der Waals surface area contributed by atoms with Crippen molar-refractivity contribution < 1.29 is 18.8 Å². The van der Waals surface area contributed by atoms with Gasteiger partial charge in [0.05, 0.1) is 17.1 Å². The number of halogens is 1. The Balaban J connectivity index is 1.39. The second-order valence-corrected chi connectivity index (χ2v) is 11.7. The van der Waals surface area contributed by atoms with Crippen LogP contribution in [0.3, 0.4) is 0 Å². The van der Waals surface area contributed by atoms with Crippen molar-refractivity contribution in [3.8, 4) is 0 Å². The molecule has 1 aromatic carbocycles. The van der Waals surface area contributed by atoms with Gasteiger partial charge in [0.15, 0.2) is 10.9 Å². The van der Waals surface area contributed by atoms with Gasteiger partial charge in [-0.3, -0.25) is 19.8 Å². The van der Waals surface area contributed by atoms with Gasteiger partial charge in [0.25, 0.3) is 0 Å². The maximum Gasteiger partial charge on any atom is 0.321 e. The molecule has 0 bridgehead atoms. The van der Waals surface area contributed by atoms with Crippen LogP contribution in [0.15, 0.2) is 24.3 Å². The van der Waals surface area contributed by atoms with Crippen LogP contribution in [0.5, 0.6) is 0 Å². The van der Waals surface area contributed by atoms with E-state index in [9.17, 15) is 18.8 Å². The lowest BCUT2D eigenvalue weighted by Crippen LogP contribution is -2.56. The lowest BCUT2D eigenvalue weighted by molar-refractivity contribution is -0.122. The van der Waals surface area contributed by atoms with Gasteiger partial charge in [0.1, 0.15) is 5.82 Å². The molecule has 0 unspecified atom stereocenters. The molecule has 2 saturated heterocycles. The first-order chi connectivity index (χ1) is 18.7. The minimum Gasteiger partial charge on any atom is -0.358 e. The molecule has 3 atom stereocenters. The largest absolute Gasteiger partial charge is 0.358 e. The molecule has 212 valence electrons. The molecule has 0 aliphatic carbocycles. The Labute approximate surface area is 233 Å². The zero-order valence-corrected chi connectivity index (χ0v) is 23.8. The molecule has 39 heavy (non-hydrogen) atoms. The number of nitrogens with zero attached hydrogens (tertiary/aromatic N) is 3. The van der Waals surface area contributed by atoms with Crippen LogP contribution in [-0.2, 0) is 11.2 Å². The van der Waals surface area contributed by atoms with Gasteiger partial charge in [-0.15, -0.1) is 0 Å². The number of piperidine rings is 2. The predicted molar refractivity (Wildman–Crippen MR) is 151 cm³/mol. The van der Waals surface area contributed by atoms with Crippen molar-refractivity contribution in [3.05, 3.63) is 46.2 Å². The monoisotopic (exact) mass is 558 g/mol. The van der Waals surface area contributed by atoms with Crippen molar-refractivity contribution in [2.45, 2.75) is 45.6 Å². The summed E-state index contributed by atoms with van der Waals surface area (Å²) in [6.45, 7) is 7.79. The summed E-state index contributed by atoms with van der Waals surface area (Å²) in [5.74, 6) is 0.337. The molecule has 4 rings (SSSR count). The summed E-state index contributed by atoms with van der Waals surface area (Å²) in [5.41, 5.74) is 1.77. The van der Waals surface area contributed by atoms with E-state index in [1.807, 2.05) is 12.1 Å². The number of likely N-dealkylation sites (tertiary alicyclic amines) is 2. The normalized spacial score (nSPS) is 22.3. The Morgan fingerprint density at radius 2 is 1.87 bits per heavy atom. The zero-order valence-electron chi connectivity index (χ0n) is 23.0. The summed E-state index contributed by atoms with van der Waals surface area (Å²) >= 11 is 1.18. The minimum atomic E-state index is -0.332. The molecule has 3 N–H and O–H groups in total. The third-order valence-corrected chi connectivity index (χ3v) is 8.82. The van der Waals surface area contributed by atoms with Gasteiger partial charge in [-0.2, -0.15) is 0 Å². The molecule has 2 fully saturated rings. The zero-order chi connectivity index (χ0) is 27.9. The van der Waals surface area contributed by atoms with E-state index in [4.69, 9.17) is 0 Å². The van der Waals surface area contributed by atoms with Crippen molar-refractivity contribution >= 4 is 34.2 Å². The Bertz CT molecular complexity index is 1160. The average Bonchev–Trinajstić information content (AvgIpc) is 3.27. The van der Waals surface area contributed by atoms with Gasteiger partial charge in [0.2, 0.25) is 5.91 Å². The number of ketones is 1. The number of aromatic nitrogens is 1. The highest BCUT2D eigenvalue weighted by molar-refractivity contribution is 7.17. The number of benzene rings is 1. The molecule has 0 saturated carbocycles. The molecule has 3 heterocycles. The van der Waals surface area contributed by atoms with Crippen LogP contribution in [0.2, 0.25) is 0 Å². The van der Waals surface area contributed by atoms with Gasteiger partial charge in [-0.05, 0) is 62.8 Å². The second kappa shape index (κ2) is 13.5. The first-order valence-corrected chi connectivity index (χ1v) is 14.5. The number of rotatable bonds is 9. The Morgan fingerprint density at radius 1 is 1.10 bits per heavy atom. The highest BCUT2D eigenvalue weighted by atomic mass is 32.1. The van der Waals surface area contributed by atoms with Crippen LogP contribution < -0.4 is 16.0 Å². The number of aryl methyl sites for hydroxylation is 1. The van der Waals surface area contributed by atoms with Gasteiger partial charge in [-0.1, -0.05) is 23.5 Å². The summed E-state index contributed by atoms with van der Waals surface area (Å²) in [7, 11) is 1.64. The van der Waals surface area contributed by atoms with E-state index in [0.29, 0.717) is 41.3 Å². The Morgan fingerprint density at radius 3 is 2.56 bits per heavy atom. The van der Waals surface area contributed by atoms with E-state index in [1.165, 1.54) is 30.4 Å². The first kappa shape index (κ1) is 29.1. The number of hydrogen-bond acceptors (Lipinski definition) is 7. The average molecular weight is 559 g/mol. The summed E-state index contributed by atoms with van der Waals surface area (Å²) in [5, 5.41) is 9.07. The van der Waals surface area contributed by atoms with Crippen molar-refractivity contribution in [3.63, 3.8) is 0 Å². The molecule has 1 aromatic heterocycles. The number of likely N-dealkylation sites (N-methyl/N-ethyl adjacent to an activating group) is 1. The Hall–Kier alpha value is -2.89. The van der Waals surface area contributed by atoms with Crippen LogP contribution >= 0.6 is 11.3 Å². The van der Waals surface area contributed by atoms with E-state index in [0.717, 1.165) is 50.9 Å². The molecule has 11 heteroatoms. The van der Waals surface area contributed by atoms with Crippen molar-refractivity contribution in [2.24, 2.45) is 11.8 Å². The first-order valence-electron chi connectivity index (χ1n) is 13.7. The fourth-order valence-corrected chi connectivity index (χ4v) is 6.61. The molecule has 0 spiro atoms. The van der Waals surface area contributed by atoms with Gasteiger partial charge in [0, 0.05) is 52.1 Å². The van der Waals surface area contributed by atoms with Gasteiger partial charge >= 0.3 is 6.03 Å². The quantitative estimate of drug-likeness (QED) is 0.408. The topological polar surface area (TPSA) is 107 Å². The number of carbonyl (C=O) groups is 3. The summed E-state index contributed by atoms with van der Waals surface area (Å²) < 4.78 is 13.3. The van der Waals surface area contributed by atoms with Crippen molar-refractivity contribution in [2.75, 3.05) is 51.6 Å². The SMILES string of the molecule is CNC(=O)CN1CC[C@@H](NC(=O)Nc2nc(C)c(C(C)=O)s2)[C@H](CN2CCC[C@@H](Cc3ccc(F)cc3)C2)C1. The number of thiazole rings is 1. The maximum absolute atomic E-state index is 13.3. The number of nitrogens with one attached hydrogen (secondary N) is 3. The summed E-state index contributed by atoms with van der Waals surface area (Å²) in [4.78, 5) is 46.3. The Kier molecular flexibility index (Phi) is 10.0. The third-order valence-electron chi connectivity index (χ3n) is 7.65. The fourth-order valence-electron chi connectivity index (χ4n) is 5.76. The molecular formula is C28H39FN6O3S. The second-order valence-electron chi connectivity index (χ2n) is 10.8. The lowest BCUT2D eigenvalue weighted by atomic mass is 9.88. The highest BCUT2D eigenvalue weighted by Crippen LogP contribution is 2.26. The number of amides is 3. The molecule has 3 amide bonds. The predicted octanol–water partition coefficient (Wildman–Crippen LogP) is 3.31. The van der Waals surface area contributed by atoms with Crippen LogP contribution in [0, 0.1) is 24.6 Å². The van der Waals surface area contributed by atoms with Crippen LogP contribution in [0.1, 0.15) is 47.1 Å². The number of Topliss-reactive ketones (excluding diaryl/α,β-unsaturated/α-hetero) is 1. The fraction of sp³-hybridized carbons (Fsp3) is 0.571. The van der Waals surface area contributed by atoms with Crippen molar-refractivity contribution in [1.29, 1.82) is 0 Å². The molecule has 2 aliphatic heterocycles. The van der Waals surface area contributed by atoms with E-state index >= 15 is 0 Å². The summed E-state index contributed by atoms with van der Waals surface area (Å²) in [6.07, 6.45) is 3.89. The standard InChI is InChI=1S/C28H39FN6O3S/c1-18-26(19(2)36)39-28(31-18)33-27(38)32-24-10-12-35(17-25(37)30-3)16-22(24)15-34-11-4-5-21(14-34)13-20-6-8-23(29)9-7-20/h6-9,21-22,24H,4-5,10-17H2,1-3H3,(H,30,37)(H2,31,32,33,38)/t21-,22+,24+/m0/s1. The minimum absolute atomic E-state index is 0.0179. The van der Waals surface area contributed by atoms with E-state index in [2.05, 4.69) is 30.7 Å². The lowest BCUT2D eigenvalue weighted by Gasteiger charge is -2.42. The smallest absolute Gasteiger partial charge is 0.321 e. The van der Waals surface area contributed by atoms with Crippen LogP contribution in [0.25, 0.3) is 0 Å². The molecule has 0 radical (unpaired) electrons. The van der Waals surface area contributed by atoms with Crippen molar-refractivity contribution in [1.82, 2.24) is 25.4 Å². The van der Waals surface area contributed by atoms with Crippen LogP contribution in [0.4, 0.5) is 14.3 Å². The van der Waals surface area contributed by atoms with Gasteiger partial charge in [-0.25, -0.2) is 14.2 Å². The third kappa shape index (κ3) is 8.30. The number of carbonyl (C=O) groups excluding carboxylic acids is 3. The molecule has 2 aliphatic rings. The molecular weight excluding hydrogens is 519 g/mol. The molecule has 9 nitrogen and oxygen atoms in total. The maximum atomic E-state index is 13.3. The number of anilines is 1. The van der Waals surface area contributed by atoms with E-state index in [-0.39, 0.29) is 35.5 Å². The number of hydrogen-bond donors (Lipinski definition) is 3. The van der Waals surface area contributed by atoms with E-state index in [1.54, 1.807) is 14.0 Å². The van der Waals surface area contributed by atoms with Gasteiger partial charge < -0.3 is 15.5 Å². The molecule has 2 aromatic rings. The number of urea groups is 1. The highest BCUT2D eigenvalue weighted by Gasteiger charge is 2.33. The van der Waals surface area contributed by atoms with Crippen LogP contribution in [-0.4, -0.2) is 84.9 Å². The summed E-state index contributed by atoms with van der Waals surface area (Å²) in [6, 6.07) is 6.39. The van der Waals surface area contributed by atoms with E-state index < -0.39 is 0 Å².